The monoisotopic (exact) mass is 301 g/mol. The largest absolute Gasteiger partial charge is 0.493 e. The number of hydrogen-bond acceptors (Lipinski definition) is 4. The lowest BCUT2D eigenvalue weighted by Crippen LogP contribution is -2.25. The summed E-state index contributed by atoms with van der Waals surface area (Å²) in [5, 5.41) is 3.74. The molecule has 5 heteroatoms. The van der Waals surface area contributed by atoms with Gasteiger partial charge >= 0.3 is 0 Å². The summed E-state index contributed by atoms with van der Waals surface area (Å²) in [5.74, 6) is 1.39. The van der Waals surface area contributed by atoms with E-state index in [-0.39, 0.29) is 5.60 Å². The highest BCUT2D eigenvalue weighted by atomic mass is 35.5. The van der Waals surface area contributed by atoms with Crippen LogP contribution in [0.25, 0.3) is 0 Å². The van der Waals surface area contributed by atoms with Gasteiger partial charge in [-0.05, 0) is 27.0 Å². The van der Waals surface area contributed by atoms with Crippen molar-refractivity contribution in [1.82, 2.24) is 5.32 Å². The fraction of sp³-hybridized carbons (Fsp3) is 0.600. The zero-order valence-corrected chi connectivity index (χ0v) is 13.6. The third-order valence-corrected chi connectivity index (χ3v) is 3.41. The Hall–Kier alpha value is -0.970. The van der Waals surface area contributed by atoms with E-state index >= 15 is 0 Å². The van der Waals surface area contributed by atoms with Crippen LogP contribution in [0.5, 0.6) is 11.5 Å². The molecule has 1 rings (SSSR count). The Balaban J connectivity index is 2.86. The summed E-state index contributed by atoms with van der Waals surface area (Å²) in [6.45, 7) is 5.28. The molecule has 0 aliphatic rings. The zero-order chi connectivity index (χ0) is 15.2. The molecule has 0 atom stereocenters. The van der Waals surface area contributed by atoms with Gasteiger partial charge < -0.3 is 19.5 Å². The maximum atomic E-state index is 6.08. The molecular formula is C15H24ClNO3. The normalized spacial score (nSPS) is 11.5. The molecular weight excluding hydrogens is 278 g/mol. The number of ether oxygens (including phenoxy) is 3. The Bertz CT molecular complexity index is 435. The minimum absolute atomic E-state index is 0.206. The van der Waals surface area contributed by atoms with Crippen LogP contribution in [-0.4, -0.2) is 33.5 Å². The maximum absolute atomic E-state index is 6.08. The van der Waals surface area contributed by atoms with E-state index in [0.29, 0.717) is 23.9 Å². The van der Waals surface area contributed by atoms with Crippen LogP contribution in [0.3, 0.4) is 0 Å². The highest BCUT2D eigenvalue weighted by Gasteiger charge is 2.18. The standard InChI is InChI=1S/C15H24ClNO3/c1-15(2,19-5)6-7-20-14-11(10-17-3)8-12(16)9-13(14)18-4/h8-9,17H,6-7,10H2,1-5H3. The van der Waals surface area contributed by atoms with E-state index in [1.807, 2.05) is 27.0 Å². The second kappa shape index (κ2) is 7.72. The Morgan fingerprint density at radius 3 is 2.50 bits per heavy atom. The molecule has 0 aliphatic heterocycles. The van der Waals surface area contributed by atoms with Crippen molar-refractivity contribution in [2.24, 2.45) is 0 Å². The molecule has 4 nitrogen and oxygen atoms in total. The molecule has 0 fully saturated rings. The first kappa shape index (κ1) is 17.1. The maximum Gasteiger partial charge on any atom is 0.165 e. The lowest BCUT2D eigenvalue weighted by Gasteiger charge is -2.23. The summed E-state index contributed by atoms with van der Waals surface area (Å²) < 4.78 is 16.6. The second-order valence-electron chi connectivity index (χ2n) is 5.19. The number of hydrogen-bond donors (Lipinski definition) is 1. The van der Waals surface area contributed by atoms with E-state index in [0.717, 1.165) is 17.7 Å². The molecule has 0 saturated heterocycles. The van der Waals surface area contributed by atoms with Gasteiger partial charge in [0, 0.05) is 36.7 Å². The third-order valence-electron chi connectivity index (χ3n) is 3.19. The Morgan fingerprint density at radius 1 is 1.25 bits per heavy atom. The van der Waals surface area contributed by atoms with Gasteiger partial charge in [-0.15, -0.1) is 0 Å². The first-order valence-corrected chi connectivity index (χ1v) is 7.00. The van der Waals surface area contributed by atoms with Crippen molar-refractivity contribution in [3.8, 4) is 11.5 Å². The van der Waals surface area contributed by atoms with Gasteiger partial charge in [-0.3, -0.25) is 0 Å². The van der Waals surface area contributed by atoms with Gasteiger partial charge in [-0.25, -0.2) is 0 Å². The van der Waals surface area contributed by atoms with Gasteiger partial charge in [0.1, 0.15) is 0 Å². The van der Waals surface area contributed by atoms with Gasteiger partial charge in [-0.1, -0.05) is 11.6 Å². The van der Waals surface area contributed by atoms with Crippen LogP contribution in [0.1, 0.15) is 25.8 Å². The number of methoxy groups -OCH3 is 2. The van der Waals surface area contributed by atoms with Gasteiger partial charge in [0.2, 0.25) is 0 Å². The van der Waals surface area contributed by atoms with Crippen LogP contribution in [0.4, 0.5) is 0 Å². The molecule has 1 aromatic rings. The van der Waals surface area contributed by atoms with Crippen LogP contribution in [0.2, 0.25) is 5.02 Å². The Morgan fingerprint density at radius 2 is 1.95 bits per heavy atom. The van der Waals surface area contributed by atoms with E-state index in [9.17, 15) is 0 Å². The Kier molecular flexibility index (Phi) is 6.59. The summed E-state index contributed by atoms with van der Waals surface area (Å²) in [5.41, 5.74) is 0.773. The predicted octanol–water partition coefficient (Wildman–Crippen LogP) is 3.26. The summed E-state index contributed by atoms with van der Waals surface area (Å²) in [6.07, 6.45) is 0.786. The molecule has 1 N–H and O–H groups in total. The topological polar surface area (TPSA) is 39.7 Å². The predicted molar refractivity (Wildman–Crippen MR) is 82.0 cm³/mol. The number of rotatable bonds is 8. The van der Waals surface area contributed by atoms with Crippen molar-refractivity contribution in [3.05, 3.63) is 22.7 Å². The number of benzene rings is 1. The van der Waals surface area contributed by atoms with Crippen molar-refractivity contribution in [1.29, 1.82) is 0 Å². The Labute approximate surface area is 126 Å². The van der Waals surface area contributed by atoms with Crippen molar-refractivity contribution in [2.75, 3.05) is 27.9 Å². The van der Waals surface area contributed by atoms with Gasteiger partial charge in [0.05, 0.1) is 19.3 Å². The van der Waals surface area contributed by atoms with Crippen molar-refractivity contribution in [3.63, 3.8) is 0 Å². The quantitative estimate of drug-likeness (QED) is 0.800. The lowest BCUT2D eigenvalue weighted by molar-refractivity contribution is 0.00516. The van der Waals surface area contributed by atoms with E-state index in [1.54, 1.807) is 20.3 Å². The van der Waals surface area contributed by atoms with Crippen molar-refractivity contribution in [2.45, 2.75) is 32.4 Å². The zero-order valence-electron chi connectivity index (χ0n) is 12.9. The molecule has 20 heavy (non-hydrogen) atoms. The van der Waals surface area contributed by atoms with Crippen LogP contribution >= 0.6 is 11.6 Å². The molecule has 0 aromatic heterocycles. The van der Waals surface area contributed by atoms with Crippen molar-refractivity contribution >= 4 is 11.6 Å². The molecule has 0 radical (unpaired) electrons. The molecule has 1 aromatic carbocycles. The van der Waals surface area contributed by atoms with Crippen LogP contribution in [0, 0.1) is 0 Å². The van der Waals surface area contributed by atoms with Crippen LogP contribution < -0.4 is 14.8 Å². The molecule has 114 valence electrons. The van der Waals surface area contributed by atoms with E-state index in [2.05, 4.69) is 5.32 Å². The summed E-state index contributed by atoms with van der Waals surface area (Å²) in [7, 11) is 5.20. The minimum atomic E-state index is -0.206. The molecule has 0 aliphatic carbocycles. The number of nitrogens with one attached hydrogen (secondary N) is 1. The van der Waals surface area contributed by atoms with E-state index < -0.39 is 0 Å². The smallest absolute Gasteiger partial charge is 0.165 e. The highest BCUT2D eigenvalue weighted by molar-refractivity contribution is 6.30. The molecule has 0 unspecified atom stereocenters. The molecule has 0 saturated carbocycles. The molecule has 0 bridgehead atoms. The minimum Gasteiger partial charge on any atom is -0.493 e. The van der Waals surface area contributed by atoms with E-state index in [4.69, 9.17) is 25.8 Å². The van der Waals surface area contributed by atoms with Crippen LogP contribution in [-0.2, 0) is 11.3 Å². The fourth-order valence-electron chi connectivity index (χ4n) is 1.76. The summed E-state index contributed by atoms with van der Waals surface area (Å²) in [4.78, 5) is 0. The number of halogens is 1. The van der Waals surface area contributed by atoms with Crippen LogP contribution in [0.15, 0.2) is 12.1 Å². The van der Waals surface area contributed by atoms with Gasteiger partial charge in [0.15, 0.2) is 11.5 Å². The first-order chi connectivity index (χ1) is 9.43. The van der Waals surface area contributed by atoms with E-state index in [1.165, 1.54) is 0 Å². The summed E-state index contributed by atoms with van der Waals surface area (Å²) >= 11 is 6.08. The molecule has 0 amide bonds. The lowest BCUT2D eigenvalue weighted by atomic mass is 10.1. The fourth-order valence-corrected chi connectivity index (χ4v) is 1.99. The average Bonchev–Trinajstić information content (AvgIpc) is 2.40. The average molecular weight is 302 g/mol. The third kappa shape index (κ3) is 4.85. The van der Waals surface area contributed by atoms with Gasteiger partial charge in [0.25, 0.3) is 0 Å². The van der Waals surface area contributed by atoms with Crippen molar-refractivity contribution < 1.29 is 14.2 Å². The van der Waals surface area contributed by atoms with Gasteiger partial charge in [-0.2, -0.15) is 0 Å². The SMILES string of the molecule is CNCc1cc(Cl)cc(OC)c1OCCC(C)(C)OC. The summed E-state index contributed by atoms with van der Waals surface area (Å²) in [6, 6.07) is 3.65. The molecule has 0 spiro atoms. The highest BCUT2D eigenvalue weighted by Crippen LogP contribution is 2.35. The first-order valence-electron chi connectivity index (χ1n) is 6.62. The second-order valence-corrected chi connectivity index (χ2v) is 5.63. The molecule has 0 heterocycles.